The molecule has 2 aromatic carbocycles. The highest BCUT2D eigenvalue weighted by molar-refractivity contribution is 7.17. The van der Waals surface area contributed by atoms with Crippen molar-refractivity contribution in [2.45, 2.75) is 57.0 Å². The summed E-state index contributed by atoms with van der Waals surface area (Å²) in [5.74, 6) is -0.637. The van der Waals surface area contributed by atoms with Gasteiger partial charge in [0.15, 0.2) is 0 Å². The van der Waals surface area contributed by atoms with Crippen molar-refractivity contribution in [1.82, 2.24) is 5.32 Å². The van der Waals surface area contributed by atoms with Crippen LogP contribution in [0, 0.1) is 5.92 Å². The number of benzene rings is 2. The number of fused-ring (bicyclic) bond motifs is 4. The summed E-state index contributed by atoms with van der Waals surface area (Å²) in [6.07, 6.45) is -0.341. The molecule has 3 aromatic rings. The first-order chi connectivity index (χ1) is 16.2. The Hall–Kier alpha value is -2.45. The zero-order valence-electron chi connectivity index (χ0n) is 19.7. The van der Waals surface area contributed by atoms with Gasteiger partial charge in [0.2, 0.25) is 0 Å². The van der Waals surface area contributed by atoms with Gasteiger partial charge in [-0.05, 0) is 67.3 Å². The molecule has 0 unspecified atom stereocenters. The summed E-state index contributed by atoms with van der Waals surface area (Å²) >= 11 is 1.75. The van der Waals surface area contributed by atoms with Crippen molar-refractivity contribution in [1.29, 1.82) is 0 Å². The van der Waals surface area contributed by atoms with Crippen molar-refractivity contribution in [3.63, 3.8) is 0 Å². The molecule has 2 heterocycles. The Morgan fingerprint density at radius 2 is 2.09 bits per heavy atom. The maximum atomic E-state index is 11.4. The van der Waals surface area contributed by atoms with Crippen molar-refractivity contribution in [3.8, 4) is 5.75 Å². The minimum atomic E-state index is -0.816. The van der Waals surface area contributed by atoms with Crippen molar-refractivity contribution >= 4 is 27.4 Å². The summed E-state index contributed by atoms with van der Waals surface area (Å²) in [5, 5.41) is 26.8. The standard InChI is InChI=1S/C27H31NO5S/c1-15(19-5-4-6-20-22(19)23-24(26(30)31)25(23)33-20)32-14-18(29)13-28-27(2,3)12-16-7-8-21-17(11-16)9-10-34-21/h4-11,15,18,23-25,28-29H,12-14H2,1-3H3,(H,30,31)/t15-,18-,23+,24+,25+/m1/s1. The average molecular weight is 482 g/mol. The molecule has 1 saturated carbocycles. The Kier molecular flexibility index (Phi) is 6.14. The monoisotopic (exact) mass is 481 g/mol. The number of carboxylic acid groups (broad SMARTS) is 1. The van der Waals surface area contributed by atoms with Crippen LogP contribution in [0.4, 0.5) is 0 Å². The van der Waals surface area contributed by atoms with E-state index in [9.17, 15) is 15.0 Å². The van der Waals surface area contributed by atoms with Gasteiger partial charge in [0, 0.05) is 28.3 Å². The van der Waals surface area contributed by atoms with Crippen LogP contribution in [0.5, 0.6) is 5.75 Å². The molecule has 6 nitrogen and oxygen atoms in total. The highest BCUT2D eigenvalue weighted by Crippen LogP contribution is 2.60. The molecule has 5 atom stereocenters. The minimum Gasteiger partial charge on any atom is -0.489 e. The minimum absolute atomic E-state index is 0.101. The molecular weight excluding hydrogens is 450 g/mol. The van der Waals surface area contributed by atoms with Crippen LogP contribution in [-0.4, -0.2) is 47.1 Å². The summed E-state index contributed by atoms with van der Waals surface area (Å²) in [4.78, 5) is 11.4. The van der Waals surface area contributed by atoms with Crippen LogP contribution in [0.2, 0.25) is 0 Å². The highest BCUT2D eigenvalue weighted by Gasteiger charge is 2.63. The van der Waals surface area contributed by atoms with Gasteiger partial charge in [0.1, 0.15) is 17.8 Å². The molecule has 0 spiro atoms. The van der Waals surface area contributed by atoms with Crippen molar-refractivity contribution in [2.75, 3.05) is 13.2 Å². The molecule has 0 bridgehead atoms. The third-order valence-corrected chi connectivity index (χ3v) is 7.79. The Balaban J connectivity index is 1.14. The number of nitrogens with one attached hydrogen (secondary N) is 1. The molecule has 1 aliphatic carbocycles. The maximum Gasteiger partial charge on any atom is 0.311 e. The number of carboxylic acids is 1. The number of thiophene rings is 1. The van der Waals surface area contributed by atoms with Crippen LogP contribution in [0.1, 0.15) is 49.5 Å². The Morgan fingerprint density at radius 1 is 1.26 bits per heavy atom. The molecule has 34 heavy (non-hydrogen) atoms. The lowest BCUT2D eigenvalue weighted by atomic mass is 9.94. The normalized spacial score (nSPS) is 22.6. The summed E-state index contributed by atoms with van der Waals surface area (Å²) in [6, 6.07) is 14.5. The molecule has 0 radical (unpaired) electrons. The van der Waals surface area contributed by atoms with Crippen molar-refractivity contribution < 1.29 is 24.5 Å². The van der Waals surface area contributed by atoms with Crippen molar-refractivity contribution in [2.24, 2.45) is 5.92 Å². The zero-order chi connectivity index (χ0) is 24.0. The van der Waals surface area contributed by atoms with Crippen LogP contribution < -0.4 is 10.1 Å². The third kappa shape index (κ3) is 4.58. The Bertz CT molecular complexity index is 1200. The van der Waals surface area contributed by atoms with E-state index >= 15 is 0 Å². The summed E-state index contributed by atoms with van der Waals surface area (Å²) < 4.78 is 13.1. The zero-order valence-corrected chi connectivity index (χ0v) is 20.5. The average Bonchev–Trinajstić information content (AvgIpc) is 3.12. The van der Waals surface area contributed by atoms with Crippen LogP contribution in [-0.2, 0) is 16.0 Å². The highest BCUT2D eigenvalue weighted by atomic mass is 32.1. The number of hydrogen-bond donors (Lipinski definition) is 3. The largest absolute Gasteiger partial charge is 0.489 e. The molecule has 1 aromatic heterocycles. The van der Waals surface area contributed by atoms with E-state index in [1.54, 1.807) is 11.3 Å². The van der Waals surface area contributed by atoms with Gasteiger partial charge in [-0.1, -0.05) is 24.3 Å². The first kappa shape index (κ1) is 23.3. The summed E-state index contributed by atoms with van der Waals surface area (Å²) in [7, 11) is 0. The molecule has 1 aliphatic heterocycles. The number of aliphatic hydroxyl groups is 1. The van der Waals surface area contributed by atoms with Gasteiger partial charge in [0.05, 0.1) is 18.8 Å². The van der Waals surface area contributed by atoms with Gasteiger partial charge in [0.25, 0.3) is 0 Å². The van der Waals surface area contributed by atoms with Crippen LogP contribution in [0.15, 0.2) is 47.8 Å². The molecule has 3 N–H and O–H groups in total. The predicted octanol–water partition coefficient (Wildman–Crippen LogP) is 4.51. The molecule has 2 aliphatic rings. The molecule has 0 saturated heterocycles. The van der Waals surface area contributed by atoms with Gasteiger partial charge in [-0.15, -0.1) is 11.3 Å². The number of β-amino-alcohol motifs (C(OH)–C–C–N with tert-alkyl or cyclic N) is 1. The quantitative estimate of drug-likeness (QED) is 0.395. The second kappa shape index (κ2) is 8.96. The summed E-state index contributed by atoms with van der Waals surface area (Å²) in [6.45, 7) is 6.82. The van der Waals surface area contributed by atoms with E-state index in [1.807, 2.05) is 25.1 Å². The molecule has 0 amide bonds. The fraction of sp³-hybridized carbons (Fsp3) is 0.444. The summed E-state index contributed by atoms with van der Waals surface area (Å²) in [5.41, 5.74) is 2.98. The van der Waals surface area contributed by atoms with E-state index in [1.165, 1.54) is 15.6 Å². The fourth-order valence-corrected chi connectivity index (χ4v) is 5.86. The SMILES string of the molecule is C[C@@H](OC[C@H](O)CNC(C)(C)Cc1ccc2sccc2c1)c1cccc2c1[C@@H]1[C@H](O2)[C@H]1C(=O)O. The number of aliphatic hydroxyl groups excluding tert-OH is 1. The fourth-order valence-electron chi connectivity index (χ4n) is 5.09. The van der Waals surface area contributed by atoms with E-state index in [0.29, 0.717) is 6.54 Å². The second-order valence-electron chi connectivity index (χ2n) is 10.1. The lowest BCUT2D eigenvalue weighted by Crippen LogP contribution is -2.46. The molecular formula is C27H31NO5S. The van der Waals surface area contributed by atoms with Gasteiger partial charge < -0.3 is 25.0 Å². The Labute approximate surface area is 203 Å². The van der Waals surface area contributed by atoms with Gasteiger partial charge in [-0.3, -0.25) is 4.79 Å². The Morgan fingerprint density at radius 3 is 2.88 bits per heavy atom. The first-order valence-corrected chi connectivity index (χ1v) is 12.6. The van der Waals surface area contributed by atoms with E-state index in [2.05, 4.69) is 48.8 Å². The maximum absolute atomic E-state index is 11.4. The van der Waals surface area contributed by atoms with E-state index < -0.39 is 18.0 Å². The van der Waals surface area contributed by atoms with Crippen LogP contribution in [0.3, 0.4) is 0 Å². The number of carbonyl (C=O) groups is 1. The lowest BCUT2D eigenvalue weighted by molar-refractivity contribution is -0.139. The molecule has 180 valence electrons. The van der Waals surface area contributed by atoms with Gasteiger partial charge in [-0.2, -0.15) is 0 Å². The molecule has 1 fully saturated rings. The smallest absolute Gasteiger partial charge is 0.311 e. The van der Waals surface area contributed by atoms with Crippen LogP contribution >= 0.6 is 11.3 Å². The number of ether oxygens (including phenoxy) is 2. The number of rotatable bonds is 10. The van der Waals surface area contributed by atoms with E-state index in [-0.39, 0.29) is 30.3 Å². The van der Waals surface area contributed by atoms with Gasteiger partial charge >= 0.3 is 5.97 Å². The lowest BCUT2D eigenvalue weighted by Gasteiger charge is -2.28. The second-order valence-corrected chi connectivity index (χ2v) is 11.0. The molecule has 5 rings (SSSR count). The van der Waals surface area contributed by atoms with E-state index in [0.717, 1.165) is 23.3 Å². The third-order valence-electron chi connectivity index (χ3n) is 6.89. The topological polar surface area (TPSA) is 88.0 Å². The van der Waals surface area contributed by atoms with Gasteiger partial charge in [-0.25, -0.2) is 0 Å². The van der Waals surface area contributed by atoms with E-state index in [4.69, 9.17) is 9.47 Å². The predicted molar refractivity (Wildman–Crippen MR) is 133 cm³/mol. The van der Waals surface area contributed by atoms with Crippen LogP contribution in [0.25, 0.3) is 10.1 Å². The molecule has 7 heteroatoms. The number of aliphatic carboxylic acids is 1. The van der Waals surface area contributed by atoms with Crippen molar-refractivity contribution in [3.05, 3.63) is 64.5 Å². The number of hydrogen-bond acceptors (Lipinski definition) is 6. The first-order valence-electron chi connectivity index (χ1n) is 11.8.